The van der Waals surface area contributed by atoms with Crippen LogP contribution in [0, 0.1) is 0 Å². The number of amides is 2. The number of pyridine rings is 1. The molecule has 1 fully saturated rings. The molecule has 36 heavy (non-hydrogen) atoms. The minimum atomic E-state index is -0.0300. The fraction of sp³-hybridized carbons (Fsp3) is 0.444. The molecule has 9 heteroatoms. The van der Waals surface area contributed by atoms with E-state index in [4.69, 9.17) is 0 Å². The van der Waals surface area contributed by atoms with E-state index in [9.17, 15) is 9.59 Å². The molecule has 2 aromatic heterocycles. The van der Waals surface area contributed by atoms with Crippen molar-refractivity contribution in [1.29, 1.82) is 0 Å². The van der Waals surface area contributed by atoms with Gasteiger partial charge in [0.2, 0.25) is 5.91 Å². The monoisotopic (exact) mass is 504 g/mol. The number of para-hydroxylation sites is 1. The number of aromatic nitrogens is 3. The van der Waals surface area contributed by atoms with Gasteiger partial charge in [-0.25, -0.2) is 0 Å². The molecule has 0 saturated carbocycles. The average Bonchev–Trinajstić information content (AvgIpc) is 3.51. The van der Waals surface area contributed by atoms with Crippen LogP contribution in [0.3, 0.4) is 0 Å². The van der Waals surface area contributed by atoms with Crippen LogP contribution >= 0.6 is 11.5 Å². The molecule has 188 valence electrons. The second kappa shape index (κ2) is 10.8. The summed E-state index contributed by atoms with van der Waals surface area (Å²) >= 11 is 1.17. The molecular formula is C27H32N6O2S. The summed E-state index contributed by atoms with van der Waals surface area (Å²) in [7, 11) is 0. The summed E-state index contributed by atoms with van der Waals surface area (Å²) in [6.07, 6.45) is 7.28. The van der Waals surface area contributed by atoms with Crippen LogP contribution in [0.25, 0.3) is 0 Å². The minimum absolute atomic E-state index is 0.0229. The van der Waals surface area contributed by atoms with E-state index in [1.165, 1.54) is 17.1 Å². The maximum Gasteiger partial charge on any atom is 0.267 e. The van der Waals surface area contributed by atoms with Crippen LogP contribution in [0.2, 0.25) is 0 Å². The van der Waals surface area contributed by atoms with Gasteiger partial charge in [-0.05, 0) is 66.5 Å². The number of carbonyl (C=O) groups is 2. The Labute approximate surface area is 216 Å². The summed E-state index contributed by atoms with van der Waals surface area (Å²) in [4.78, 5) is 37.8. The van der Waals surface area contributed by atoms with Gasteiger partial charge in [0.15, 0.2) is 0 Å². The molecule has 0 aliphatic carbocycles. The van der Waals surface area contributed by atoms with Crippen molar-refractivity contribution in [3.8, 4) is 0 Å². The number of anilines is 1. The normalized spacial score (nSPS) is 20.6. The van der Waals surface area contributed by atoms with Gasteiger partial charge in [0.1, 0.15) is 4.88 Å². The molecule has 5 rings (SSSR count). The minimum Gasteiger partial charge on any atom is -0.332 e. The number of fused-ring (bicyclic) bond motifs is 3. The summed E-state index contributed by atoms with van der Waals surface area (Å²) in [6, 6.07) is 12.6. The summed E-state index contributed by atoms with van der Waals surface area (Å²) in [5.74, 6) is -0.00711. The number of rotatable bonds is 4. The highest BCUT2D eigenvalue weighted by Gasteiger charge is 2.37. The highest BCUT2D eigenvalue weighted by molar-refractivity contribution is 7.08. The lowest BCUT2D eigenvalue weighted by molar-refractivity contribution is -0.116. The van der Waals surface area contributed by atoms with Crippen LogP contribution in [0.5, 0.6) is 0 Å². The maximum atomic E-state index is 13.9. The maximum absolute atomic E-state index is 13.9. The van der Waals surface area contributed by atoms with Crippen molar-refractivity contribution in [2.24, 2.45) is 0 Å². The predicted molar refractivity (Wildman–Crippen MR) is 140 cm³/mol. The largest absolute Gasteiger partial charge is 0.332 e. The SMILES string of the molecule is CCc1nnsc1C(=O)N1Cc2ccccc2N(C(C)=O)CC[C@H]2CC[C@@H](C1)N2Cc1ccncc1. The lowest BCUT2D eigenvalue weighted by Gasteiger charge is -2.33. The van der Waals surface area contributed by atoms with E-state index in [1.54, 1.807) is 6.92 Å². The Balaban J connectivity index is 1.54. The van der Waals surface area contributed by atoms with E-state index >= 15 is 0 Å². The number of benzene rings is 1. The molecule has 3 aromatic rings. The summed E-state index contributed by atoms with van der Waals surface area (Å²) < 4.78 is 4.07. The molecule has 0 radical (unpaired) electrons. The van der Waals surface area contributed by atoms with Crippen molar-refractivity contribution in [3.63, 3.8) is 0 Å². The standard InChI is InChI=1S/C27H32N6O2S/c1-3-24-26(36-30-29-24)27(35)31-17-21-6-4-5-7-25(21)32(19(2)34)15-12-22-8-9-23(18-31)33(22)16-20-10-13-28-14-11-20/h4-7,10-11,13-14,22-23H,3,8-9,12,15-18H2,1-2H3/t22-,23+/m1/s1. The second-order valence-corrected chi connectivity index (χ2v) is 10.3. The molecule has 1 saturated heterocycles. The Morgan fingerprint density at radius 2 is 1.83 bits per heavy atom. The van der Waals surface area contributed by atoms with Crippen molar-refractivity contribution in [2.75, 3.05) is 18.0 Å². The van der Waals surface area contributed by atoms with Crippen molar-refractivity contribution in [3.05, 3.63) is 70.5 Å². The fourth-order valence-electron chi connectivity index (χ4n) is 5.54. The Morgan fingerprint density at radius 3 is 2.61 bits per heavy atom. The van der Waals surface area contributed by atoms with Gasteiger partial charge in [0.25, 0.3) is 5.91 Å². The molecule has 0 unspecified atom stereocenters. The highest BCUT2D eigenvalue weighted by Crippen LogP contribution is 2.33. The lowest BCUT2D eigenvalue weighted by atomic mass is 10.1. The van der Waals surface area contributed by atoms with Crippen molar-refractivity contribution < 1.29 is 9.59 Å². The number of hydrogen-bond acceptors (Lipinski definition) is 7. The zero-order chi connectivity index (χ0) is 25.1. The van der Waals surface area contributed by atoms with Crippen molar-refractivity contribution in [1.82, 2.24) is 24.4 Å². The first-order chi connectivity index (χ1) is 17.5. The molecule has 4 heterocycles. The summed E-state index contributed by atoms with van der Waals surface area (Å²) in [5, 5.41) is 4.19. The smallest absolute Gasteiger partial charge is 0.267 e. The average molecular weight is 505 g/mol. The van der Waals surface area contributed by atoms with E-state index in [1.807, 2.05) is 53.4 Å². The predicted octanol–water partition coefficient (Wildman–Crippen LogP) is 3.93. The van der Waals surface area contributed by atoms with Gasteiger partial charge in [-0.3, -0.25) is 19.5 Å². The van der Waals surface area contributed by atoms with E-state index in [-0.39, 0.29) is 17.9 Å². The van der Waals surface area contributed by atoms with Crippen LogP contribution in [0.1, 0.15) is 59.6 Å². The molecule has 8 nitrogen and oxygen atoms in total. The summed E-state index contributed by atoms with van der Waals surface area (Å²) in [6.45, 7) is 6.14. The number of carbonyl (C=O) groups excluding carboxylic acids is 2. The van der Waals surface area contributed by atoms with E-state index in [2.05, 4.69) is 31.6 Å². The second-order valence-electron chi connectivity index (χ2n) is 9.59. The van der Waals surface area contributed by atoms with Crippen LogP contribution in [0.15, 0.2) is 48.8 Å². The fourth-order valence-corrected chi connectivity index (χ4v) is 6.26. The molecule has 2 bridgehead atoms. The van der Waals surface area contributed by atoms with Gasteiger partial charge in [-0.2, -0.15) is 0 Å². The van der Waals surface area contributed by atoms with Gasteiger partial charge in [-0.15, -0.1) is 5.10 Å². The molecular weight excluding hydrogens is 472 g/mol. The molecule has 2 amide bonds. The lowest BCUT2D eigenvalue weighted by Crippen LogP contribution is -2.45. The third-order valence-corrected chi connectivity index (χ3v) is 8.15. The zero-order valence-electron chi connectivity index (χ0n) is 20.8. The third-order valence-electron chi connectivity index (χ3n) is 7.40. The van der Waals surface area contributed by atoms with Gasteiger partial charge in [0, 0.05) is 63.3 Å². The molecule has 2 aliphatic heterocycles. The highest BCUT2D eigenvalue weighted by atomic mass is 32.1. The quantitative estimate of drug-likeness (QED) is 0.536. The van der Waals surface area contributed by atoms with Gasteiger partial charge >= 0.3 is 0 Å². The van der Waals surface area contributed by atoms with Gasteiger partial charge in [0.05, 0.1) is 5.69 Å². The molecule has 1 aromatic carbocycles. The Morgan fingerprint density at radius 1 is 1.06 bits per heavy atom. The molecule has 2 aliphatic rings. The first-order valence-electron chi connectivity index (χ1n) is 12.7. The Bertz CT molecular complexity index is 1220. The van der Waals surface area contributed by atoms with Crippen LogP contribution in [0.4, 0.5) is 5.69 Å². The van der Waals surface area contributed by atoms with Crippen LogP contribution in [-0.4, -0.2) is 61.4 Å². The molecule has 0 spiro atoms. The van der Waals surface area contributed by atoms with Crippen molar-refractivity contribution in [2.45, 2.75) is 64.7 Å². The van der Waals surface area contributed by atoms with Crippen molar-refractivity contribution >= 4 is 29.0 Å². The molecule has 0 N–H and O–H groups in total. The van der Waals surface area contributed by atoms with Crippen LogP contribution < -0.4 is 4.90 Å². The topological polar surface area (TPSA) is 82.5 Å². The number of aryl methyl sites for hydroxylation is 1. The summed E-state index contributed by atoms with van der Waals surface area (Å²) in [5.41, 5.74) is 3.83. The van der Waals surface area contributed by atoms with Gasteiger partial charge < -0.3 is 9.80 Å². The molecule has 2 atom stereocenters. The van der Waals surface area contributed by atoms with E-state index in [0.29, 0.717) is 37.0 Å². The van der Waals surface area contributed by atoms with Gasteiger partial charge in [-0.1, -0.05) is 29.6 Å². The van der Waals surface area contributed by atoms with E-state index < -0.39 is 0 Å². The Kier molecular flexibility index (Phi) is 7.38. The number of nitrogens with zero attached hydrogens (tertiary/aromatic N) is 6. The number of hydrogen-bond donors (Lipinski definition) is 0. The zero-order valence-corrected chi connectivity index (χ0v) is 21.7. The Hall–Kier alpha value is -3.17. The van der Waals surface area contributed by atoms with E-state index in [0.717, 1.165) is 42.8 Å². The first kappa shape index (κ1) is 24.5. The third kappa shape index (κ3) is 5.03. The first-order valence-corrected chi connectivity index (χ1v) is 13.4. The van der Waals surface area contributed by atoms with Crippen LogP contribution in [-0.2, 0) is 24.3 Å².